The monoisotopic (exact) mass is 219 g/mol. The Kier molecular flexibility index (Phi) is 5.89. The van der Waals surface area contributed by atoms with Gasteiger partial charge in [-0.05, 0) is 34.6 Å². The molecule has 0 saturated heterocycles. The van der Waals surface area contributed by atoms with Crippen molar-refractivity contribution >= 4 is 8.72 Å². The highest BCUT2D eigenvalue weighted by Crippen LogP contribution is 2.14. The van der Waals surface area contributed by atoms with Crippen molar-refractivity contribution in [1.29, 1.82) is 0 Å². The zero-order chi connectivity index (χ0) is 11.2. The second-order valence-corrected chi connectivity index (χ2v) is 7.39. The Morgan fingerprint density at radius 1 is 1.00 bits per heavy atom. The van der Waals surface area contributed by atoms with Crippen LogP contribution in [0.1, 0.15) is 41.5 Å². The third-order valence-corrected chi connectivity index (χ3v) is 5.36. The first-order valence-electron chi connectivity index (χ1n) is 5.46. The fourth-order valence-corrected chi connectivity index (χ4v) is 4.33. The fourth-order valence-electron chi connectivity index (χ4n) is 1.44. The molecule has 0 amide bonds. The van der Waals surface area contributed by atoms with Crippen molar-refractivity contribution in [2.24, 2.45) is 0 Å². The van der Waals surface area contributed by atoms with Gasteiger partial charge >= 0.3 is 8.72 Å². The highest BCUT2D eigenvalue weighted by Gasteiger charge is 2.39. The highest BCUT2D eigenvalue weighted by atomic mass is 28.4. The molecule has 0 heterocycles. The number of rotatable bonds is 6. The lowest BCUT2D eigenvalue weighted by atomic mass is 10.1. The molecule has 3 nitrogen and oxygen atoms in total. The largest absolute Gasteiger partial charge is 0.425 e. The predicted octanol–water partition coefficient (Wildman–Crippen LogP) is 2.41. The van der Waals surface area contributed by atoms with Crippen LogP contribution in [0.25, 0.3) is 0 Å². The van der Waals surface area contributed by atoms with Crippen molar-refractivity contribution in [2.75, 3.05) is 13.2 Å². The number of nitrogens with one attached hydrogen (secondary N) is 1. The normalized spacial score (nSPS) is 13.3. The molecule has 0 bridgehead atoms. The topological polar surface area (TPSA) is 30.5 Å². The van der Waals surface area contributed by atoms with Crippen molar-refractivity contribution in [3.8, 4) is 0 Å². The molecular weight excluding hydrogens is 194 g/mol. The molecule has 0 atom stereocenters. The molecule has 86 valence electrons. The van der Waals surface area contributed by atoms with Gasteiger partial charge in [-0.1, -0.05) is 6.92 Å². The van der Waals surface area contributed by atoms with Crippen molar-refractivity contribution in [3.63, 3.8) is 0 Å². The minimum Gasteiger partial charge on any atom is -0.383 e. The molecule has 0 radical (unpaired) electrons. The van der Waals surface area contributed by atoms with Crippen LogP contribution in [0.15, 0.2) is 0 Å². The predicted molar refractivity (Wildman–Crippen MR) is 62.4 cm³/mol. The quantitative estimate of drug-likeness (QED) is 0.696. The molecule has 0 aliphatic carbocycles. The molecule has 14 heavy (non-hydrogen) atoms. The summed E-state index contributed by atoms with van der Waals surface area (Å²) in [6, 6.07) is 0.936. The Hall–Kier alpha value is 0.0969. The van der Waals surface area contributed by atoms with Gasteiger partial charge in [0.2, 0.25) is 0 Å². The van der Waals surface area contributed by atoms with Crippen LogP contribution in [0.4, 0.5) is 0 Å². The minimum absolute atomic E-state index is 0.0482. The summed E-state index contributed by atoms with van der Waals surface area (Å²) < 4.78 is 11.6. The first-order valence-corrected chi connectivity index (χ1v) is 7.48. The van der Waals surface area contributed by atoms with E-state index in [-0.39, 0.29) is 5.54 Å². The van der Waals surface area contributed by atoms with Gasteiger partial charge in [0.15, 0.2) is 0 Å². The molecule has 0 aromatic carbocycles. The lowest BCUT2D eigenvalue weighted by molar-refractivity contribution is 0.161. The Bertz CT molecular complexity index is 151. The van der Waals surface area contributed by atoms with Crippen molar-refractivity contribution in [2.45, 2.75) is 53.1 Å². The van der Waals surface area contributed by atoms with Gasteiger partial charge in [0.25, 0.3) is 0 Å². The summed E-state index contributed by atoms with van der Waals surface area (Å²) in [5, 5.41) is 0. The Morgan fingerprint density at radius 2 is 1.43 bits per heavy atom. The zero-order valence-corrected chi connectivity index (χ0v) is 11.4. The zero-order valence-electron chi connectivity index (χ0n) is 10.4. The second kappa shape index (κ2) is 5.85. The third-order valence-electron chi connectivity index (χ3n) is 1.79. The molecular formula is C10H25NO2Si. The van der Waals surface area contributed by atoms with Crippen LogP contribution in [0.5, 0.6) is 0 Å². The molecule has 0 aromatic rings. The van der Waals surface area contributed by atoms with Crippen molar-refractivity contribution in [1.82, 2.24) is 4.98 Å². The van der Waals surface area contributed by atoms with Crippen molar-refractivity contribution < 1.29 is 8.85 Å². The maximum Gasteiger partial charge on any atom is 0.425 e. The van der Waals surface area contributed by atoms with E-state index in [1.807, 2.05) is 13.8 Å². The smallest absolute Gasteiger partial charge is 0.383 e. The van der Waals surface area contributed by atoms with E-state index in [0.717, 1.165) is 6.04 Å². The van der Waals surface area contributed by atoms with Crippen LogP contribution < -0.4 is 4.98 Å². The average Bonchev–Trinajstić information content (AvgIpc) is 2.02. The molecule has 0 aromatic heterocycles. The van der Waals surface area contributed by atoms with Gasteiger partial charge in [-0.2, -0.15) is 0 Å². The van der Waals surface area contributed by atoms with Gasteiger partial charge in [0.05, 0.1) is 0 Å². The van der Waals surface area contributed by atoms with E-state index in [4.69, 9.17) is 8.85 Å². The van der Waals surface area contributed by atoms with Crippen LogP contribution >= 0.6 is 0 Å². The molecule has 0 spiro atoms. The second-order valence-electron chi connectivity index (χ2n) is 4.35. The SMILES string of the molecule is CCO[Si](CC)(NC(C)(C)C)OCC. The summed E-state index contributed by atoms with van der Waals surface area (Å²) in [5.41, 5.74) is 0.0482. The lowest BCUT2D eigenvalue weighted by Crippen LogP contribution is -2.62. The minimum atomic E-state index is -2.15. The molecule has 0 aliphatic rings. The van der Waals surface area contributed by atoms with Gasteiger partial charge < -0.3 is 8.85 Å². The van der Waals surface area contributed by atoms with E-state index in [2.05, 4.69) is 32.7 Å². The summed E-state index contributed by atoms with van der Waals surface area (Å²) >= 11 is 0. The van der Waals surface area contributed by atoms with Crippen LogP contribution in [0, 0.1) is 0 Å². The van der Waals surface area contributed by atoms with Gasteiger partial charge in [-0.15, -0.1) is 0 Å². The fraction of sp³-hybridized carbons (Fsp3) is 1.00. The van der Waals surface area contributed by atoms with E-state index in [9.17, 15) is 0 Å². The van der Waals surface area contributed by atoms with E-state index >= 15 is 0 Å². The molecule has 1 N–H and O–H groups in total. The van der Waals surface area contributed by atoms with E-state index in [1.165, 1.54) is 0 Å². The van der Waals surface area contributed by atoms with E-state index < -0.39 is 8.72 Å². The summed E-state index contributed by atoms with van der Waals surface area (Å²) in [4.78, 5) is 3.52. The summed E-state index contributed by atoms with van der Waals surface area (Å²) in [6.45, 7) is 14.0. The summed E-state index contributed by atoms with van der Waals surface area (Å²) in [5.74, 6) is 0. The van der Waals surface area contributed by atoms with Gasteiger partial charge in [-0.25, -0.2) is 0 Å². The van der Waals surface area contributed by atoms with E-state index in [1.54, 1.807) is 0 Å². The van der Waals surface area contributed by atoms with E-state index in [0.29, 0.717) is 13.2 Å². The molecule has 0 rings (SSSR count). The van der Waals surface area contributed by atoms with Gasteiger partial charge in [0, 0.05) is 24.8 Å². The van der Waals surface area contributed by atoms with Crippen LogP contribution in [0.3, 0.4) is 0 Å². The molecule has 0 fully saturated rings. The Morgan fingerprint density at radius 3 is 1.64 bits per heavy atom. The summed E-state index contributed by atoms with van der Waals surface area (Å²) in [7, 11) is -2.15. The van der Waals surface area contributed by atoms with Gasteiger partial charge in [-0.3, -0.25) is 4.98 Å². The standard InChI is InChI=1S/C10H25NO2Si/c1-7-12-14(9-3,13-8-2)11-10(4,5)6/h11H,7-9H2,1-6H3. The van der Waals surface area contributed by atoms with Crippen molar-refractivity contribution in [3.05, 3.63) is 0 Å². The first kappa shape index (κ1) is 14.1. The highest BCUT2D eigenvalue weighted by molar-refractivity contribution is 6.64. The molecule has 0 aliphatic heterocycles. The molecule has 4 heteroatoms. The maximum atomic E-state index is 5.80. The third kappa shape index (κ3) is 5.10. The van der Waals surface area contributed by atoms with Gasteiger partial charge in [0.1, 0.15) is 0 Å². The first-order chi connectivity index (χ1) is 6.39. The number of hydrogen-bond donors (Lipinski definition) is 1. The molecule has 0 saturated carbocycles. The lowest BCUT2D eigenvalue weighted by Gasteiger charge is -2.35. The van der Waals surface area contributed by atoms with Crippen LogP contribution in [0.2, 0.25) is 6.04 Å². The molecule has 0 unspecified atom stereocenters. The summed E-state index contributed by atoms with van der Waals surface area (Å²) in [6.07, 6.45) is 0. The van der Waals surface area contributed by atoms with Crippen LogP contribution in [-0.2, 0) is 8.85 Å². The maximum absolute atomic E-state index is 5.80. The Labute approximate surface area is 89.5 Å². The Balaban J connectivity index is 4.48. The van der Waals surface area contributed by atoms with Crippen LogP contribution in [-0.4, -0.2) is 27.5 Å². The number of hydrogen-bond acceptors (Lipinski definition) is 3. The average molecular weight is 219 g/mol.